The summed E-state index contributed by atoms with van der Waals surface area (Å²) in [4.78, 5) is 10.5. The number of rotatable bonds is 1. The zero-order valence-corrected chi connectivity index (χ0v) is 8.24. The van der Waals surface area contributed by atoms with Crippen LogP contribution in [0.25, 0.3) is 0 Å². The van der Waals surface area contributed by atoms with E-state index in [1.807, 2.05) is 0 Å². The molecule has 0 amide bonds. The number of thiol groups is 1. The molecule has 74 valence electrons. The first-order valence-corrected chi connectivity index (χ1v) is 4.89. The second-order valence-electron chi connectivity index (χ2n) is 3.16. The molecule has 13 heavy (non-hydrogen) atoms. The van der Waals surface area contributed by atoms with E-state index in [2.05, 4.69) is 12.6 Å². The number of hydrogen-bond donors (Lipinski definition) is 2. The molecule has 0 fully saturated rings. The van der Waals surface area contributed by atoms with Crippen LogP contribution in [0, 0.1) is 0 Å². The van der Waals surface area contributed by atoms with E-state index in [1.165, 1.54) is 0 Å². The van der Waals surface area contributed by atoms with Crippen molar-refractivity contribution >= 4 is 17.9 Å². The minimum atomic E-state index is -0.565. The summed E-state index contributed by atoms with van der Waals surface area (Å²) < 4.78 is 4.90. The molecule has 0 bridgehead atoms. The van der Waals surface area contributed by atoms with E-state index >= 15 is 0 Å². The van der Waals surface area contributed by atoms with E-state index in [4.69, 9.17) is 4.74 Å². The first kappa shape index (κ1) is 10.6. The van der Waals surface area contributed by atoms with Crippen molar-refractivity contribution in [2.75, 3.05) is 0 Å². The quantitative estimate of drug-likeness (QED) is 0.388. The molecule has 0 aromatic rings. The summed E-state index contributed by atoms with van der Waals surface area (Å²) in [6.45, 7) is 0. The summed E-state index contributed by atoms with van der Waals surface area (Å²) in [5.41, 5.74) is 0. The van der Waals surface area contributed by atoms with Crippen LogP contribution >= 0.6 is 12.6 Å². The summed E-state index contributed by atoms with van der Waals surface area (Å²) in [6, 6.07) is 0. The lowest BCUT2D eigenvalue weighted by molar-refractivity contribution is 0.134. The highest BCUT2D eigenvalue weighted by molar-refractivity contribution is 7.96. The Kier molecular flexibility index (Phi) is 4.32. The van der Waals surface area contributed by atoms with Crippen molar-refractivity contribution in [1.29, 1.82) is 0 Å². The van der Waals surface area contributed by atoms with Gasteiger partial charge in [-0.3, -0.25) is 0 Å². The van der Waals surface area contributed by atoms with Gasteiger partial charge in [-0.2, -0.15) is 0 Å². The van der Waals surface area contributed by atoms with Crippen molar-refractivity contribution in [1.82, 2.24) is 0 Å². The molecule has 0 aliphatic heterocycles. The molecule has 3 nitrogen and oxygen atoms in total. The van der Waals surface area contributed by atoms with E-state index in [9.17, 15) is 9.90 Å². The molecule has 1 aliphatic carbocycles. The summed E-state index contributed by atoms with van der Waals surface area (Å²) in [6.07, 6.45) is 6.33. The predicted molar refractivity (Wildman–Crippen MR) is 52.9 cm³/mol. The van der Waals surface area contributed by atoms with Crippen molar-refractivity contribution in [3.63, 3.8) is 0 Å². The van der Waals surface area contributed by atoms with Gasteiger partial charge < -0.3 is 9.84 Å². The van der Waals surface area contributed by atoms with Gasteiger partial charge in [0.25, 0.3) is 0 Å². The third-order valence-corrected chi connectivity index (χ3v) is 2.14. The van der Waals surface area contributed by atoms with Gasteiger partial charge in [0, 0.05) is 0 Å². The Balaban J connectivity index is 2.47. The number of carbonyl (C=O) groups is 1. The largest absolute Gasteiger partial charge is 0.450 e. The number of hydrogen-bond acceptors (Lipinski definition) is 3. The monoisotopic (exact) mass is 202 g/mol. The number of aliphatic hydroxyl groups is 1. The predicted octanol–water partition coefficient (Wildman–Crippen LogP) is 1.91. The second kappa shape index (κ2) is 5.29. The molecule has 1 aliphatic rings. The molecule has 1 N–H and O–H groups in total. The van der Waals surface area contributed by atoms with Crippen LogP contribution in [0.15, 0.2) is 12.2 Å². The molecule has 4 heteroatoms. The third-order valence-electron chi connectivity index (χ3n) is 2.04. The topological polar surface area (TPSA) is 46.5 Å². The van der Waals surface area contributed by atoms with Crippen LogP contribution in [0.2, 0.25) is 0 Å². The lowest BCUT2D eigenvalue weighted by Gasteiger charge is -2.16. The molecule has 0 spiro atoms. The first-order chi connectivity index (χ1) is 6.18. The highest BCUT2D eigenvalue weighted by Gasteiger charge is 2.12. The fourth-order valence-corrected chi connectivity index (χ4v) is 1.51. The molecular formula is C9H14O3S. The summed E-state index contributed by atoms with van der Waals surface area (Å²) >= 11 is 3.54. The zero-order valence-electron chi connectivity index (χ0n) is 7.35. The van der Waals surface area contributed by atoms with Gasteiger partial charge in [-0.05, 0) is 25.3 Å². The zero-order chi connectivity index (χ0) is 9.68. The van der Waals surface area contributed by atoms with Crippen LogP contribution < -0.4 is 0 Å². The Morgan fingerprint density at radius 3 is 2.77 bits per heavy atom. The Hall–Kier alpha value is -0.480. The van der Waals surface area contributed by atoms with Crippen LogP contribution in [0.3, 0.4) is 0 Å². The van der Waals surface area contributed by atoms with Gasteiger partial charge in [-0.1, -0.05) is 25.1 Å². The minimum absolute atomic E-state index is 0.222. The van der Waals surface area contributed by atoms with Crippen molar-refractivity contribution in [2.45, 2.75) is 37.9 Å². The molecule has 0 aromatic carbocycles. The molecular weight excluding hydrogens is 188 g/mol. The van der Waals surface area contributed by atoms with E-state index in [1.54, 1.807) is 12.2 Å². The van der Waals surface area contributed by atoms with Gasteiger partial charge in [0.15, 0.2) is 0 Å². The van der Waals surface area contributed by atoms with Gasteiger partial charge >= 0.3 is 5.30 Å². The molecule has 2 atom stereocenters. The Morgan fingerprint density at radius 1 is 1.38 bits per heavy atom. The van der Waals surface area contributed by atoms with E-state index in [0.29, 0.717) is 0 Å². The normalized spacial score (nSPS) is 29.1. The maximum Gasteiger partial charge on any atom is 0.364 e. The molecule has 0 saturated heterocycles. The Bertz CT molecular complexity index is 203. The molecule has 0 aromatic heterocycles. The first-order valence-electron chi connectivity index (χ1n) is 4.44. The Labute approximate surface area is 83.2 Å². The van der Waals surface area contributed by atoms with Crippen LogP contribution in [0.5, 0.6) is 0 Å². The maximum absolute atomic E-state index is 10.5. The molecule has 0 saturated carbocycles. The number of carbonyl (C=O) groups excluding carboxylic acids is 1. The van der Waals surface area contributed by atoms with Crippen molar-refractivity contribution in [3.8, 4) is 0 Å². The van der Waals surface area contributed by atoms with Gasteiger partial charge in [-0.15, -0.1) is 0 Å². The lowest BCUT2D eigenvalue weighted by Crippen LogP contribution is -2.15. The molecule has 0 radical (unpaired) electrons. The van der Waals surface area contributed by atoms with E-state index < -0.39 is 11.4 Å². The summed E-state index contributed by atoms with van der Waals surface area (Å²) in [7, 11) is 0. The minimum Gasteiger partial charge on any atom is -0.450 e. The van der Waals surface area contributed by atoms with Crippen LogP contribution in [0.1, 0.15) is 25.7 Å². The SMILES string of the molecule is O=C(S)OC1C=CC(O)CCCC1. The smallest absolute Gasteiger partial charge is 0.364 e. The van der Waals surface area contributed by atoms with E-state index in [0.717, 1.165) is 25.7 Å². The Morgan fingerprint density at radius 2 is 2.08 bits per heavy atom. The van der Waals surface area contributed by atoms with Crippen molar-refractivity contribution in [2.24, 2.45) is 0 Å². The lowest BCUT2D eigenvalue weighted by atomic mass is 10.0. The van der Waals surface area contributed by atoms with Crippen LogP contribution in [-0.2, 0) is 4.74 Å². The van der Waals surface area contributed by atoms with Gasteiger partial charge in [0.2, 0.25) is 0 Å². The standard InChI is InChI=1S/C9H14O3S/c10-7-3-1-2-4-8(6-5-7)12-9(11)13/h5-8,10H,1-4H2,(H,11,13). The molecule has 1 rings (SSSR count). The summed E-state index contributed by atoms with van der Waals surface area (Å²) in [5.74, 6) is 0. The van der Waals surface area contributed by atoms with Crippen LogP contribution in [-0.4, -0.2) is 22.6 Å². The van der Waals surface area contributed by atoms with Gasteiger partial charge in [-0.25, -0.2) is 4.79 Å². The second-order valence-corrected chi connectivity index (χ2v) is 3.52. The molecule has 2 unspecified atom stereocenters. The fraction of sp³-hybridized carbons (Fsp3) is 0.667. The third kappa shape index (κ3) is 4.33. The van der Waals surface area contributed by atoms with E-state index in [-0.39, 0.29) is 6.10 Å². The average molecular weight is 202 g/mol. The average Bonchev–Trinajstić information content (AvgIpc) is 2.03. The van der Waals surface area contributed by atoms with Gasteiger partial charge in [0.1, 0.15) is 6.10 Å². The highest BCUT2D eigenvalue weighted by atomic mass is 32.1. The van der Waals surface area contributed by atoms with Gasteiger partial charge in [0.05, 0.1) is 6.10 Å². The van der Waals surface area contributed by atoms with Crippen molar-refractivity contribution < 1.29 is 14.6 Å². The fourth-order valence-electron chi connectivity index (χ4n) is 1.37. The summed E-state index contributed by atoms with van der Waals surface area (Å²) in [5, 5.41) is 8.75. The molecule has 0 heterocycles. The van der Waals surface area contributed by atoms with Crippen molar-refractivity contribution in [3.05, 3.63) is 12.2 Å². The van der Waals surface area contributed by atoms with Crippen LogP contribution in [0.4, 0.5) is 4.79 Å². The maximum atomic E-state index is 10.5. The number of aliphatic hydroxyl groups excluding tert-OH is 1. The highest BCUT2D eigenvalue weighted by Crippen LogP contribution is 2.15. The number of ether oxygens (including phenoxy) is 1.